The van der Waals surface area contributed by atoms with Gasteiger partial charge in [-0.2, -0.15) is 0 Å². The molecule has 0 saturated carbocycles. The standard InChI is InChI=1S/C9H11NO/c1-2-7-5-3-4-6-8(7)9(10)11/h2-6,8H,1H3,(H2,10,11)/b7-2+. The summed E-state index contributed by atoms with van der Waals surface area (Å²) in [5.74, 6) is -0.524. The summed E-state index contributed by atoms with van der Waals surface area (Å²) in [4.78, 5) is 10.8. The van der Waals surface area contributed by atoms with Crippen molar-refractivity contribution in [2.75, 3.05) is 0 Å². The van der Waals surface area contributed by atoms with Gasteiger partial charge in [-0.3, -0.25) is 4.79 Å². The maximum Gasteiger partial charge on any atom is 0.228 e. The average molecular weight is 149 g/mol. The van der Waals surface area contributed by atoms with E-state index in [1.165, 1.54) is 0 Å². The second-order valence-electron chi connectivity index (χ2n) is 2.41. The van der Waals surface area contributed by atoms with Crippen molar-refractivity contribution in [1.29, 1.82) is 0 Å². The summed E-state index contributed by atoms with van der Waals surface area (Å²) in [5, 5.41) is 0. The lowest BCUT2D eigenvalue weighted by Gasteiger charge is -2.11. The van der Waals surface area contributed by atoms with Gasteiger partial charge in [0.2, 0.25) is 5.91 Å². The van der Waals surface area contributed by atoms with Crippen LogP contribution in [0, 0.1) is 5.92 Å². The summed E-state index contributed by atoms with van der Waals surface area (Å²) in [7, 11) is 0. The van der Waals surface area contributed by atoms with Gasteiger partial charge in [0.05, 0.1) is 5.92 Å². The first-order valence-electron chi connectivity index (χ1n) is 3.56. The second-order valence-corrected chi connectivity index (χ2v) is 2.41. The van der Waals surface area contributed by atoms with Crippen molar-refractivity contribution < 1.29 is 4.79 Å². The van der Waals surface area contributed by atoms with Crippen LogP contribution in [0.25, 0.3) is 0 Å². The Morgan fingerprint density at radius 2 is 2.36 bits per heavy atom. The molecule has 0 saturated heterocycles. The Bertz CT molecular complexity index is 248. The highest BCUT2D eigenvalue weighted by Crippen LogP contribution is 2.17. The van der Waals surface area contributed by atoms with Crippen molar-refractivity contribution in [3.8, 4) is 0 Å². The van der Waals surface area contributed by atoms with E-state index in [1.54, 1.807) is 6.08 Å². The highest BCUT2D eigenvalue weighted by molar-refractivity contribution is 5.83. The van der Waals surface area contributed by atoms with Gasteiger partial charge in [0.25, 0.3) is 0 Å². The third-order valence-corrected chi connectivity index (χ3v) is 1.70. The number of allylic oxidation sites excluding steroid dienone is 4. The van der Waals surface area contributed by atoms with Gasteiger partial charge in [-0.25, -0.2) is 0 Å². The maximum atomic E-state index is 10.8. The van der Waals surface area contributed by atoms with Crippen LogP contribution in [0.2, 0.25) is 0 Å². The minimum absolute atomic E-state index is 0.231. The molecule has 1 rings (SSSR count). The van der Waals surface area contributed by atoms with Crippen molar-refractivity contribution in [3.05, 3.63) is 36.0 Å². The highest BCUT2D eigenvalue weighted by atomic mass is 16.1. The lowest BCUT2D eigenvalue weighted by Crippen LogP contribution is -2.23. The first kappa shape index (κ1) is 7.79. The van der Waals surface area contributed by atoms with E-state index in [9.17, 15) is 4.79 Å². The van der Waals surface area contributed by atoms with Gasteiger partial charge in [0, 0.05) is 0 Å². The van der Waals surface area contributed by atoms with Gasteiger partial charge in [0.15, 0.2) is 0 Å². The molecule has 1 aliphatic rings. The van der Waals surface area contributed by atoms with Gasteiger partial charge >= 0.3 is 0 Å². The molecule has 2 heteroatoms. The molecule has 2 nitrogen and oxygen atoms in total. The third-order valence-electron chi connectivity index (χ3n) is 1.70. The zero-order valence-electron chi connectivity index (χ0n) is 6.45. The van der Waals surface area contributed by atoms with Crippen molar-refractivity contribution in [2.24, 2.45) is 11.7 Å². The van der Waals surface area contributed by atoms with Crippen molar-refractivity contribution >= 4 is 5.91 Å². The van der Waals surface area contributed by atoms with Crippen LogP contribution in [0.1, 0.15) is 6.92 Å². The monoisotopic (exact) mass is 149 g/mol. The van der Waals surface area contributed by atoms with Crippen LogP contribution < -0.4 is 5.73 Å². The molecule has 0 bridgehead atoms. The van der Waals surface area contributed by atoms with Crippen LogP contribution in [0.15, 0.2) is 36.0 Å². The summed E-state index contributed by atoms with van der Waals surface area (Å²) >= 11 is 0. The van der Waals surface area contributed by atoms with Gasteiger partial charge < -0.3 is 5.73 Å². The van der Waals surface area contributed by atoms with E-state index in [0.29, 0.717) is 0 Å². The molecule has 58 valence electrons. The summed E-state index contributed by atoms with van der Waals surface area (Å²) in [5.41, 5.74) is 6.14. The number of carbonyl (C=O) groups excluding carboxylic acids is 1. The van der Waals surface area contributed by atoms with E-state index < -0.39 is 0 Å². The molecule has 0 aromatic heterocycles. The van der Waals surface area contributed by atoms with Crippen LogP contribution in [-0.4, -0.2) is 5.91 Å². The van der Waals surface area contributed by atoms with Crippen LogP contribution in [0.4, 0.5) is 0 Å². The highest BCUT2D eigenvalue weighted by Gasteiger charge is 2.15. The Morgan fingerprint density at radius 1 is 1.64 bits per heavy atom. The van der Waals surface area contributed by atoms with E-state index >= 15 is 0 Å². The van der Waals surface area contributed by atoms with Gasteiger partial charge in [0.1, 0.15) is 0 Å². The minimum atomic E-state index is -0.293. The van der Waals surface area contributed by atoms with Crippen LogP contribution in [0.5, 0.6) is 0 Å². The first-order chi connectivity index (χ1) is 5.25. The fourth-order valence-electron chi connectivity index (χ4n) is 1.09. The largest absolute Gasteiger partial charge is 0.369 e. The zero-order valence-corrected chi connectivity index (χ0v) is 6.45. The summed E-state index contributed by atoms with van der Waals surface area (Å²) in [6, 6.07) is 0. The molecule has 0 aliphatic heterocycles. The molecule has 0 aromatic carbocycles. The topological polar surface area (TPSA) is 43.1 Å². The smallest absolute Gasteiger partial charge is 0.228 e. The van der Waals surface area contributed by atoms with Crippen LogP contribution in [0.3, 0.4) is 0 Å². The van der Waals surface area contributed by atoms with E-state index in [2.05, 4.69) is 0 Å². The predicted molar refractivity (Wildman–Crippen MR) is 44.7 cm³/mol. The van der Waals surface area contributed by atoms with Crippen molar-refractivity contribution in [2.45, 2.75) is 6.92 Å². The molecule has 0 fully saturated rings. The van der Waals surface area contributed by atoms with E-state index in [0.717, 1.165) is 5.57 Å². The molecule has 0 spiro atoms. The summed E-state index contributed by atoms with van der Waals surface area (Å²) in [6.45, 7) is 1.90. The molecule has 1 atom stereocenters. The fourth-order valence-corrected chi connectivity index (χ4v) is 1.09. The lowest BCUT2D eigenvalue weighted by molar-refractivity contribution is -0.119. The van der Waals surface area contributed by atoms with E-state index in [4.69, 9.17) is 5.73 Å². The van der Waals surface area contributed by atoms with Crippen molar-refractivity contribution in [1.82, 2.24) is 0 Å². The molecule has 1 amide bonds. The number of carbonyl (C=O) groups is 1. The first-order valence-corrected chi connectivity index (χ1v) is 3.56. The number of hydrogen-bond acceptors (Lipinski definition) is 1. The zero-order chi connectivity index (χ0) is 8.27. The number of hydrogen-bond donors (Lipinski definition) is 1. The van der Waals surface area contributed by atoms with Crippen molar-refractivity contribution in [3.63, 3.8) is 0 Å². The van der Waals surface area contributed by atoms with Crippen LogP contribution >= 0.6 is 0 Å². The number of amides is 1. The SMILES string of the molecule is C/C=C1\C=CC=CC1C(N)=O. The number of rotatable bonds is 1. The lowest BCUT2D eigenvalue weighted by atomic mass is 9.94. The normalized spacial score (nSPS) is 25.9. The molecule has 0 radical (unpaired) electrons. The van der Waals surface area contributed by atoms with Crippen LogP contribution in [-0.2, 0) is 4.79 Å². The number of primary amides is 1. The fraction of sp³-hybridized carbons (Fsp3) is 0.222. The Kier molecular flexibility index (Phi) is 2.26. The minimum Gasteiger partial charge on any atom is -0.369 e. The van der Waals surface area contributed by atoms with Gasteiger partial charge in [-0.15, -0.1) is 0 Å². The summed E-state index contributed by atoms with van der Waals surface area (Å²) in [6.07, 6.45) is 9.33. The Morgan fingerprint density at radius 3 is 2.82 bits per heavy atom. The molecular weight excluding hydrogens is 138 g/mol. The predicted octanol–water partition coefficient (Wildman–Crippen LogP) is 1.16. The van der Waals surface area contributed by atoms with Gasteiger partial charge in [-0.05, 0) is 12.5 Å². The molecular formula is C9H11NO. The molecule has 11 heavy (non-hydrogen) atoms. The Labute approximate surface area is 66.1 Å². The second kappa shape index (κ2) is 3.19. The van der Waals surface area contributed by atoms with Gasteiger partial charge in [-0.1, -0.05) is 30.4 Å². The molecule has 0 heterocycles. The quantitative estimate of drug-likeness (QED) is 0.597. The molecule has 2 N–H and O–H groups in total. The van der Waals surface area contributed by atoms with E-state index in [1.807, 2.05) is 31.2 Å². The Hall–Kier alpha value is -1.31. The Balaban J connectivity index is 2.88. The average Bonchev–Trinajstić information content (AvgIpc) is 2.04. The van der Waals surface area contributed by atoms with E-state index in [-0.39, 0.29) is 11.8 Å². The third kappa shape index (κ3) is 1.58. The number of nitrogens with two attached hydrogens (primary N) is 1. The maximum absolute atomic E-state index is 10.8. The molecule has 1 aliphatic carbocycles. The molecule has 0 aromatic rings. The summed E-state index contributed by atoms with van der Waals surface area (Å²) < 4.78 is 0. The molecule has 1 unspecified atom stereocenters.